The Morgan fingerprint density at radius 3 is 2.75 bits per heavy atom. The molecule has 8 heteroatoms. The Labute approximate surface area is 117 Å². The molecule has 1 amide bonds. The van der Waals surface area contributed by atoms with Crippen molar-refractivity contribution in [2.75, 3.05) is 5.32 Å². The molecule has 1 aromatic carbocycles. The fourth-order valence-corrected chi connectivity index (χ4v) is 1.71. The summed E-state index contributed by atoms with van der Waals surface area (Å²) >= 11 is 5.77. The maximum atomic E-state index is 12.6. The van der Waals surface area contributed by atoms with E-state index in [2.05, 4.69) is 15.3 Å². The second-order valence-corrected chi connectivity index (χ2v) is 4.40. The van der Waals surface area contributed by atoms with Crippen molar-refractivity contribution in [1.82, 2.24) is 9.97 Å². The third-order valence-corrected chi connectivity index (χ3v) is 2.80. The van der Waals surface area contributed by atoms with Crippen LogP contribution in [0, 0.1) is 0 Å². The molecule has 0 aliphatic heterocycles. The van der Waals surface area contributed by atoms with Crippen LogP contribution in [0.15, 0.2) is 30.7 Å². The number of hydrogen-bond donors (Lipinski definition) is 2. The molecule has 2 rings (SSSR count). The van der Waals surface area contributed by atoms with E-state index in [0.717, 1.165) is 18.2 Å². The fourth-order valence-electron chi connectivity index (χ4n) is 1.55. The molecule has 0 saturated heterocycles. The first-order chi connectivity index (χ1) is 9.36. The third-order valence-electron chi connectivity index (χ3n) is 2.47. The van der Waals surface area contributed by atoms with Crippen molar-refractivity contribution in [1.29, 1.82) is 0 Å². The van der Waals surface area contributed by atoms with E-state index < -0.39 is 17.6 Å². The zero-order valence-corrected chi connectivity index (χ0v) is 10.7. The molecule has 0 saturated carbocycles. The summed E-state index contributed by atoms with van der Waals surface area (Å²) in [6.07, 6.45) is -1.67. The first kappa shape index (κ1) is 14.4. The highest BCUT2D eigenvalue weighted by atomic mass is 35.5. The molecule has 20 heavy (non-hydrogen) atoms. The second-order valence-electron chi connectivity index (χ2n) is 3.99. The topological polar surface area (TPSA) is 57.8 Å². The highest BCUT2D eigenvalue weighted by Gasteiger charge is 2.31. The molecule has 0 atom stereocenters. The average molecular weight is 304 g/mol. The number of hydrogen-bond acceptors (Lipinski definition) is 2. The summed E-state index contributed by atoms with van der Waals surface area (Å²) in [6.45, 7) is 0. The molecule has 4 nitrogen and oxygen atoms in total. The smallest absolute Gasteiger partial charge is 0.348 e. The van der Waals surface area contributed by atoms with Crippen LogP contribution in [0.5, 0.6) is 0 Å². The number of benzene rings is 1. The average Bonchev–Trinajstić information content (AvgIpc) is 2.83. The van der Waals surface area contributed by atoms with Crippen LogP contribution in [0.1, 0.15) is 11.3 Å². The number of amides is 1. The van der Waals surface area contributed by atoms with Crippen LogP contribution >= 0.6 is 11.6 Å². The number of nitrogens with zero attached hydrogens (tertiary/aromatic N) is 1. The minimum Gasteiger partial charge on any atom is -0.348 e. The summed E-state index contributed by atoms with van der Waals surface area (Å²) in [5.74, 6) is -0.490. The van der Waals surface area contributed by atoms with Gasteiger partial charge in [0.1, 0.15) is 0 Å². The maximum Gasteiger partial charge on any atom is 0.416 e. The number of anilines is 1. The van der Waals surface area contributed by atoms with Crippen LogP contribution in [0.25, 0.3) is 0 Å². The van der Waals surface area contributed by atoms with Crippen LogP contribution < -0.4 is 5.32 Å². The molecule has 0 bridgehead atoms. The van der Waals surface area contributed by atoms with Crippen LogP contribution in [0.3, 0.4) is 0 Å². The Kier molecular flexibility index (Phi) is 3.99. The normalized spacial score (nSPS) is 11.4. The molecule has 2 aromatic rings. The van der Waals surface area contributed by atoms with Crippen LogP contribution in [0.4, 0.5) is 18.9 Å². The zero-order chi connectivity index (χ0) is 14.8. The lowest BCUT2D eigenvalue weighted by atomic mass is 10.2. The van der Waals surface area contributed by atoms with E-state index in [1.807, 2.05) is 0 Å². The van der Waals surface area contributed by atoms with Gasteiger partial charge < -0.3 is 10.3 Å². The molecule has 1 heterocycles. The van der Waals surface area contributed by atoms with Gasteiger partial charge in [-0.1, -0.05) is 11.6 Å². The minimum atomic E-state index is -4.49. The molecule has 106 valence electrons. The summed E-state index contributed by atoms with van der Waals surface area (Å²) in [5.41, 5.74) is -0.407. The molecular formula is C12H9ClF3N3O. The third kappa shape index (κ3) is 3.51. The number of aromatic nitrogens is 2. The largest absolute Gasteiger partial charge is 0.416 e. The highest BCUT2D eigenvalue weighted by Crippen LogP contribution is 2.33. The Hall–Kier alpha value is -2.02. The van der Waals surface area contributed by atoms with Crippen LogP contribution in [-0.2, 0) is 17.4 Å². The van der Waals surface area contributed by atoms with Gasteiger partial charge in [0.15, 0.2) is 0 Å². The van der Waals surface area contributed by atoms with E-state index in [1.54, 1.807) is 0 Å². The number of halogens is 4. The van der Waals surface area contributed by atoms with Crippen molar-refractivity contribution < 1.29 is 18.0 Å². The Morgan fingerprint density at radius 1 is 1.40 bits per heavy atom. The van der Waals surface area contributed by atoms with E-state index in [1.165, 1.54) is 12.5 Å². The van der Waals surface area contributed by atoms with Crippen molar-refractivity contribution in [3.8, 4) is 0 Å². The molecule has 0 spiro atoms. The molecule has 0 radical (unpaired) electrons. The number of aromatic amines is 1. The number of rotatable bonds is 3. The number of H-pyrrole nitrogens is 1. The zero-order valence-electron chi connectivity index (χ0n) is 9.96. The lowest BCUT2D eigenvalue weighted by Crippen LogP contribution is -2.15. The molecular weight excluding hydrogens is 295 g/mol. The van der Waals surface area contributed by atoms with E-state index >= 15 is 0 Å². The Balaban J connectivity index is 2.14. The monoisotopic (exact) mass is 303 g/mol. The van der Waals surface area contributed by atoms with Gasteiger partial charge in [0, 0.05) is 11.9 Å². The van der Waals surface area contributed by atoms with Crippen molar-refractivity contribution >= 4 is 23.2 Å². The summed E-state index contributed by atoms with van der Waals surface area (Å²) in [7, 11) is 0. The molecule has 0 fully saturated rings. The van der Waals surface area contributed by atoms with Gasteiger partial charge in [-0.2, -0.15) is 13.2 Å². The minimum absolute atomic E-state index is 0.0351. The van der Waals surface area contributed by atoms with Crippen molar-refractivity contribution in [3.63, 3.8) is 0 Å². The van der Waals surface area contributed by atoms with Gasteiger partial charge in [-0.05, 0) is 18.2 Å². The van der Waals surface area contributed by atoms with Gasteiger partial charge in [-0.25, -0.2) is 4.98 Å². The summed E-state index contributed by atoms with van der Waals surface area (Å²) in [6, 6.07) is 2.75. The van der Waals surface area contributed by atoms with Gasteiger partial charge >= 0.3 is 6.18 Å². The predicted molar refractivity (Wildman–Crippen MR) is 67.4 cm³/mol. The SMILES string of the molecule is O=C(Cc1cnc[nH]1)Nc1cc(C(F)(F)F)ccc1Cl. The van der Waals surface area contributed by atoms with E-state index in [4.69, 9.17) is 11.6 Å². The lowest BCUT2D eigenvalue weighted by molar-refractivity contribution is -0.137. The number of carbonyl (C=O) groups is 1. The first-order valence-corrected chi connectivity index (χ1v) is 5.88. The van der Waals surface area contributed by atoms with Crippen LogP contribution in [-0.4, -0.2) is 15.9 Å². The molecule has 1 aromatic heterocycles. The predicted octanol–water partition coefficient (Wildman–Crippen LogP) is 3.26. The van der Waals surface area contributed by atoms with Gasteiger partial charge in [0.05, 0.1) is 29.0 Å². The Bertz CT molecular complexity index is 611. The lowest BCUT2D eigenvalue weighted by Gasteiger charge is -2.11. The number of alkyl halides is 3. The van der Waals surface area contributed by atoms with Crippen LogP contribution in [0.2, 0.25) is 5.02 Å². The standard InChI is InChI=1S/C12H9ClF3N3O/c13-9-2-1-7(12(14,15)16)3-10(9)19-11(20)4-8-5-17-6-18-8/h1-3,5-6H,4H2,(H,17,18)(H,19,20). The first-order valence-electron chi connectivity index (χ1n) is 5.50. The van der Waals surface area contributed by atoms with Gasteiger partial charge in [-0.15, -0.1) is 0 Å². The summed E-state index contributed by atoms with van der Waals surface area (Å²) < 4.78 is 37.7. The number of imidazole rings is 1. The highest BCUT2D eigenvalue weighted by molar-refractivity contribution is 6.33. The van der Waals surface area contributed by atoms with E-state index in [-0.39, 0.29) is 17.1 Å². The molecule has 0 aliphatic rings. The molecule has 0 aliphatic carbocycles. The van der Waals surface area contributed by atoms with Gasteiger partial charge in [0.2, 0.25) is 5.91 Å². The van der Waals surface area contributed by atoms with Crippen molar-refractivity contribution in [2.45, 2.75) is 12.6 Å². The molecule has 0 unspecified atom stereocenters. The summed E-state index contributed by atoms with van der Waals surface area (Å²) in [5, 5.41) is 2.38. The van der Waals surface area contributed by atoms with E-state index in [0.29, 0.717) is 5.69 Å². The molecule has 2 N–H and O–H groups in total. The van der Waals surface area contributed by atoms with Gasteiger partial charge in [0.25, 0.3) is 0 Å². The van der Waals surface area contributed by atoms with Gasteiger partial charge in [-0.3, -0.25) is 4.79 Å². The van der Waals surface area contributed by atoms with Crippen molar-refractivity contribution in [2.24, 2.45) is 0 Å². The van der Waals surface area contributed by atoms with Crippen molar-refractivity contribution in [3.05, 3.63) is 47.0 Å². The Morgan fingerprint density at radius 2 is 2.15 bits per heavy atom. The second kappa shape index (κ2) is 5.54. The maximum absolute atomic E-state index is 12.6. The number of carbonyl (C=O) groups excluding carboxylic acids is 1. The quantitative estimate of drug-likeness (QED) is 0.914. The number of nitrogens with one attached hydrogen (secondary N) is 2. The van der Waals surface area contributed by atoms with E-state index in [9.17, 15) is 18.0 Å². The summed E-state index contributed by atoms with van der Waals surface area (Å²) in [4.78, 5) is 18.1. The fraction of sp³-hybridized carbons (Fsp3) is 0.167.